The van der Waals surface area contributed by atoms with Crippen molar-refractivity contribution in [1.29, 1.82) is 0 Å². The van der Waals surface area contributed by atoms with Gasteiger partial charge in [0.15, 0.2) is 0 Å². The quantitative estimate of drug-likeness (QED) is 0.448. The highest BCUT2D eigenvalue weighted by atomic mass is 32.1. The number of anilines is 1. The smallest absolute Gasteiger partial charge is 0.255 e. The molecule has 0 atom stereocenters. The maximum atomic E-state index is 12.5. The largest absolute Gasteiger partial charge is 0.507 e. The van der Waals surface area contributed by atoms with E-state index < -0.39 is 0 Å². The summed E-state index contributed by atoms with van der Waals surface area (Å²) in [6, 6.07) is 20.6. The Morgan fingerprint density at radius 1 is 1.04 bits per heavy atom. The molecule has 1 amide bonds. The van der Waals surface area contributed by atoms with Crippen molar-refractivity contribution in [3.8, 4) is 16.3 Å². The minimum atomic E-state index is -0.206. The van der Waals surface area contributed by atoms with E-state index in [-0.39, 0.29) is 11.7 Å². The lowest BCUT2D eigenvalue weighted by Gasteiger charge is -2.09. The highest BCUT2D eigenvalue weighted by Crippen LogP contribution is 2.36. The Kier molecular flexibility index (Phi) is 4.84. The third-order valence-electron chi connectivity index (χ3n) is 4.62. The van der Waals surface area contributed by atoms with Gasteiger partial charge in [0.2, 0.25) is 0 Å². The van der Waals surface area contributed by atoms with Gasteiger partial charge in [-0.3, -0.25) is 4.79 Å². The molecule has 4 rings (SSSR count). The maximum absolute atomic E-state index is 12.5. The van der Waals surface area contributed by atoms with E-state index in [2.05, 4.69) is 24.1 Å². The van der Waals surface area contributed by atoms with Gasteiger partial charge in [0.1, 0.15) is 10.8 Å². The van der Waals surface area contributed by atoms with Crippen molar-refractivity contribution in [1.82, 2.24) is 4.98 Å². The molecule has 3 aromatic carbocycles. The molecule has 0 aliphatic rings. The fraction of sp³-hybridized carbons (Fsp3) is 0.130. The number of nitrogens with zero attached hydrogens (tertiary/aromatic N) is 1. The predicted octanol–water partition coefficient (Wildman–Crippen LogP) is 6.04. The average Bonchev–Trinajstić information content (AvgIpc) is 3.12. The van der Waals surface area contributed by atoms with Crippen LogP contribution in [-0.2, 0) is 0 Å². The number of amides is 1. The second-order valence-corrected chi connectivity index (χ2v) is 7.98. The molecule has 4 aromatic rings. The van der Waals surface area contributed by atoms with Gasteiger partial charge in [0.05, 0.1) is 15.8 Å². The Bertz CT molecular complexity index is 1110. The molecule has 2 N–H and O–H groups in total. The van der Waals surface area contributed by atoms with Crippen LogP contribution in [0.3, 0.4) is 0 Å². The topological polar surface area (TPSA) is 62.2 Å². The fourth-order valence-corrected chi connectivity index (χ4v) is 4.00. The molecular weight excluding hydrogens is 368 g/mol. The van der Waals surface area contributed by atoms with Gasteiger partial charge in [-0.15, -0.1) is 11.3 Å². The third kappa shape index (κ3) is 3.62. The van der Waals surface area contributed by atoms with E-state index in [0.717, 1.165) is 15.2 Å². The standard InChI is InChI=1S/C23H20N2O2S/c1-14(2)15-7-9-16(10-8-15)22(27)24-17-11-12-18(20(26)13-17)23-25-19-5-3-4-6-21(19)28-23/h3-14,26H,1-2H3,(H,24,27). The van der Waals surface area contributed by atoms with Crippen LogP contribution in [0.25, 0.3) is 20.8 Å². The molecule has 0 fully saturated rings. The van der Waals surface area contributed by atoms with Gasteiger partial charge in [-0.25, -0.2) is 4.98 Å². The number of hydrogen-bond donors (Lipinski definition) is 2. The fourth-order valence-electron chi connectivity index (χ4n) is 3.00. The van der Waals surface area contributed by atoms with E-state index in [9.17, 15) is 9.90 Å². The molecule has 0 saturated carbocycles. The summed E-state index contributed by atoms with van der Waals surface area (Å²) < 4.78 is 1.07. The molecule has 0 bridgehead atoms. The number of phenols is 1. The molecule has 140 valence electrons. The third-order valence-corrected chi connectivity index (χ3v) is 5.69. The second-order valence-electron chi connectivity index (χ2n) is 6.95. The van der Waals surface area contributed by atoms with E-state index in [1.54, 1.807) is 18.2 Å². The molecule has 0 aliphatic carbocycles. The minimum absolute atomic E-state index is 0.0898. The first-order chi connectivity index (χ1) is 13.5. The van der Waals surface area contributed by atoms with E-state index in [1.807, 2.05) is 48.5 Å². The molecular formula is C23H20N2O2S. The van der Waals surface area contributed by atoms with Crippen LogP contribution in [0.15, 0.2) is 66.7 Å². The predicted molar refractivity (Wildman–Crippen MR) is 115 cm³/mol. The van der Waals surface area contributed by atoms with Gasteiger partial charge in [0.25, 0.3) is 5.91 Å². The van der Waals surface area contributed by atoms with Crippen LogP contribution in [0.5, 0.6) is 5.75 Å². The lowest BCUT2D eigenvalue weighted by molar-refractivity contribution is 0.102. The van der Waals surface area contributed by atoms with Crippen molar-refractivity contribution in [2.45, 2.75) is 19.8 Å². The number of carbonyl (C=O) groups is 1. The maximum Gasteiger partial charge on any atom is 0.255 e. The molecule has 0 aliphatic heterocycles. The first-order valence-corrected chi connectivity index (χ1v) is 9.93. The molecule has 0 radical (unpaired) electrons. The van der Waals surface area contributed by atoms with Gasteiger partial charge in [-0.1, -0.05) is 38.1 Å². The van der Waals surface area contributed by atoms with Gasteiger partial charge >= 0.3 is 0 Å². The number of thiazole rings is 1. The summed E-state index contributed by atoms with van der Waals surface area (Å²) in [5, 5.41) is 14.1. The number of carbonyl (C=O) groups excluding carboxylic acids is 1. The molecule has 1 heterocycles. The van der Waals surface area contributed by atoms with Crippen molar-refractivity contribution in [3.05, 3.63) is 77.9 Å². The summed E-state index contributed by atoms with van der Waals surface area (Å²) in [5.74, 6) is 0.304. The zero-order valence-corrected chi connectivity index (χ0v) is 16.5. The summed E-state index contributed by atoms with van der Waals surface area (Å²) in [6.07, 6.45) is 0. The van der Waals surface area contributed by atoms with Gasteiger partial charge in [0, 0.05) is 17.3 Å². The molecule has 28 heavy (non-hydrogen) atoms. The number of fused-ring (bicyclic) bond motifs is 1. The van der Waals surface area contributed by atoms with Crippen LogP contribution in [0.2, 0.25) is 0 Å². The van der Waals surface area contributed by atoms with Crippen LogP contribution < -0.4 is 5.32 Å². The monoisotopic (exact) mass is 388 g/mol. The number of para-hydroxylation sites is 1. The Morgan fingerprint density at radius 3 is 2.46 bits per heavy atom. The summed E-state index contributed by atoms with van der Waals surface area (Å²) in [5.41, 5.74) is 3.87. The highest BCUT2D eigenvalue weighted by molar-refractivity contribution is 7.21. The van der Waals surface area contributed by atoms with Crippen LogP contribution in [0.1, 0.15) is 35.7 Å². The van der Waals surface area contributed by atoms with E-state index >= 15 is 0 Å². The Labute approximate surface area is 167 Å². The van der Waals surface area contributed by atoms with Crippen molar-refractivity contribution < 1.29 is 9.90 Å². The number of hydrogen-bond acceptors (Lipinski definition) is 4. The average molecular weight is 388 g/mol. The van der Waals surface area contributed by atoms with E-state index in [4.69, 9.17) is 0 Å². The van der Waals surface area contributed by atoms with Crippen LogP contribution in [-0.4, -0.2) is 16.0 Å². The van der Waals surface area contributed by atoms with Gasteiger partial charge in [-0.05, 0) is 47.9 Å². The van der Waals surface area contributed by atoms with Gasteiger partial charge in [-0.2, -0.15) is 0 Å². The first-order valence-electron chi connectivity index (χ1n) is 9.11. The van der Waals surface area contributed by atoms with Gasteiger partial charge < -0.3 is 10.4 Å². The number of benzene rings is 3. The highest BCUT2D eigenvalue weighted by Gasteiger charge is 2.13. The lowest BCUT2D eigenvalue weighted by atomic mass is 10.0. The Morgan fingerprint density at radius 2 is 1.79 bits per heavy atom. The summed E-state index contributed by atoms with van der Waals surface area (Å²) >= 11 is 1.53. The summed E-state index contributed by atoms with van der Waals surface area (Å²) in [6.45, 7) is 4.23. The summed E-state index contributed by atoms with van der Waals surface area (Å²) in [4.78, 5) is 17.1. The van der Waals surface area contributed by atoms with E-state index in [1.165, 1.54) is 16.9 Å². The molecule has 0 spiro atoms. The first kappa shape index (κ1) is 18.2. The van der Waals surface area contributed by atoms with Crippen molar-refractivity contribution in [3.63, 3.8) is 0 Å². The molecule has 0 saturated heterocycles. The van der Waals surface area contributed by atoms with Crippen molar-refractivity contribution in [2.75, 3.05) is 5.32 Å². The zero-order chi connectivity index (χ0) is 19.7. The van der Waals surface area contributed by atoms with Crippen LogP contribution >= 0.6 is 11.3 Å². The van der Waals surface area contributed by atoms with Crippen molar-refractivity contribution in [2.24, 2.45) is 0 Å². The zero-order valence-electron chi connectivity index (χ0n) is 15.6. The van der Waals surface area contributed by atoms with Crippen LogP contribution in [0.4, 0.5) is 5.69 Å². The Hall–Kier alpha value is -3.18. The molecule has 4 nitrogen and oxygen atoms in total. The lowest BCUT2D eigenvalue weighted by Crippen LogP contribution is -2.11. The number of aromatic nitrogens is 1. The molecule has 1 aromatic heterocycles. The SMILES string of the molecule is CC(C)c1ccc(C(=O)Nc2ccc(-c3nc4ccccc4s3)c(O)c2)cc1. The number of rotatable bonds is 4. The van der Waals surface area contributed by atoms with E-state index in [0.29, 0.717) is 22.7 Å². The molecule has 0 unspecified atom stereocenters. The molecule has 5 heteroatoms. The number of aromatic hydroxyl groups is 1. The summed E-state index contributed by atoms with van der Waals surface area (Å²) in [7, 11) is 0. The normalized spacial score (nSPS) is 11.1. The second kappa shape index (κ2) is 7.44. The van der Waals surface area contributed by atoms with Crippen LogP contribution in [0, 0.1) is 0 Å². The Balaban J connectivity index is 1.55. The van der Waals surface area contributed by atoms with Crippen molar-refractivity contribution >= 4 is 33.1 Å². The number of phenolic OH excluding ortho intramolecular Hbond substituents is 1. The number of nitrogens with one attached hydrogen (secondary N) is 1. The minimum Gasteiger partial charge on any atom is -0.507 e.